The first-order valence-electron chi connectivity index (χ1n) is 3.50. The van der Waals surface area contributed by atoms with Crippen molar-refractivity contribution >= 4 is 11.7 Å². The van der Waals surface area contributed by atoms with Crippen LogP contribution in [0.25, 0.3) is 0 Å². The van der Waals surface area contributed by atoms with Gasteiger partial charge in [0, 0.05) is 0 Å². The maximum atomic E-state index is 10.5. The lowest BCUT2D eigenvalue weighted by molar-refractivity contribution is 0.0694. The van der Waals surface area contributed by atoms with Crippen molar-refractivity contribution in [3.8, 4) is 5.75 Å². The van der Waals surface area contributed by atoms with E-state index in [9.17, 15) is 4.79 Å². The van der Waals surface area contributed by atoms with E-state index in [2.05, 4.69) is 10.3 Å². The van der Waals surface area contributed by atoms with Crippen molar-refractivity contribution in [3.05, 3.63) is 23.8 Å². The minimum Gasteiger partial charge on any atom is -0.507 e. The Morgan fingerprint density at radius 3 is 2.77 bits per heavy atom. The zero-order chi connectivity index (χ0) is 9.84. The van der Waals surface area contributed by atoms with E-state index in [1.165, 1.54) is 25.3 Å². The highest BCUT2D eigenvalue weighted by atomic mass is 16.6. The molecule has 0 heterocycles. The first kappa shape index (κ1) is 9.34. The Hall–Kier alpha value is -1.75. The van der Waals surface area contributed by atoms with E-state index in [1.54, 1.807) is 0 Å². The molecule has 5 nitrogen and oxygen atoms in total. The third-order valence-corrected chi connectivity index (χ3v) is 1.45. The lowest BCUT2D eigenvalue weighted by Gasteiger charge is -2.04. The maximum Gasteiger partial charge on any atom is 0.339 e. The fourth-order valence-corrected chi connectivity index (χ4v) is 0.889. The average Bonchev–Trinajstić information content (AvgIpc) is 2.08. The summed E-state index contributed by atoms with van der Waals surface area (Å²) < 4.78 is 0. The maximum absolute atomic E-state index is 10.5. The van der Waals surface area contributed by atoms with Gasteiger partial charge in [0.2, 0.25) is 0 Å². The number of benzene rings is 1. The lowest BCUT2D eigenvalue weighted by atomic mass is 10.2. The van der Waals surface area contributed by atoms with Crippen LogP contribution in [-0.4, -0.2) is 23.3 Å². The molecule has 0 aliphatic carbocycles. The van der Waals surface area contributed by atoms with Gasteiger partial charge < -0.3 is 10.2 Å². The van der Waals surface area contributed by atoms with Gasteiger partial charge in [-0.05, 0) is 18.2 Å². The van der Waals surface area contributed by atoms with Gasteiger partial charge in [0.25, 0.3) is 0 Å². The second kappa shape index (κ2) is 3.77. The van der Waals surface area contributed by atoms with Crippen LogP contribution in [-0.2, 0) is 4.84 Å². The molecule has 5 heteroatoms. The number of carboxylic acid groups (broad SMARTS) is 1. The number of hydrogen-bond acceptors (Lipinski definition) is 4. The van der Waals surface area contributed by atoms with Gasteiger partial charge in [-0.15, -0.1) is 0 Å². The molecule has 3 N–H and O–H groups in total. The number of nitrogens with one attached hydrogen (secondary N) is 1. The zero-order valence-corrected chi connectivity index (χ0v) is 6.94. The molecular formula is C8H9NO4. The van der Waals surface area contributed by atoms with Crippen LogP contribution in [0.2, 0.25) is 0 Å². The first-order valence-corrected chi connectivity index (χ1v) is 3.50. The summed E-state index contributed by atoms with van der Waals surface area (Å²) in [5, 5.41) is 17.8. The van der Waals surface area contributed by atoms with Gasteiger partial charge >= 0.3 is 5.97 Å². The van der Waals surface area contributed by atoms with E-state index in [0.717, 1.165) is 0 Å². The van der Waals surface area contributed by atoms with Gasteiger partial charge in [0.05, 0.1) is 12.8 Å². The fraction of sp³-hybridized carbons (Fsp3) is 0.125. The van der Waals surface area contributed by atoms with Gasteiger partial charge in [-0.3, -0.25) is 10.3 Å². The van der Waals surface area contributed by atoms with Crippen LogP contribution < -0.4 is 5.48 Å². The Kier molecular flexibility index (Phi) is 2.71. The monoisotopic (exact) mass is 183 g/mol. The van der Waals surface area contributed by atoms with Gasteiger partial charge in [0.15, 0.2) is 0 Å². The van der Waals surface area contributed by atoms with Crippen LogP contribution in [0.5, 0.6) is 5.75 Å². The zero-order valence-electron chi connectivity index (χ0n) is 6.94. The summed E-state index contributed by atoms with van der Waals surface area (Å²) in [5.41, 5.74) is 2.76. The number of phenols is 1. The van der Waals surface area contributed by atoms with Crippen LogP contribution in [0.15, 0.2) is 18.2 Å². The number of anilines is 1. The first-order chi connectivity index (χ1) is 6.15. The van der Waals surface area contributed by atoms with Crippen molar-refractivity contribution in [2.24, 2.45) is 0 Å². The molecule has 0 aliphatic heterocycles. The molecule has 70 valence electrons. The Labute approximate surface area is 74.5 Å². The number of carboxylic acids is 1. The number of hydrogen-bond donors (Lipinski definition) is 3. The summed E-state index contributed by atoms with van der Waals surface area (Å²) >= 11 is 0. The summed E-state index contributed by atoms with van der Waals surface area (Å²) in [6.45, 7) is 0. The normalized spacial score (nSPS) is 9.62. The SMILES string of the molecule is CONc1ccc(O)c(C(=O)O)c1. The fourth-order valence-electron chi connectivity index (χ4n) is 0.889. The second-order valence-corrected chi connectivity index (χ2v) is 2.34. The second-order valence-electron chi connectivity index (χ2n) is 2.34. The molecule has 0 aliphatic rings. The van der Waals surface area contributed by atoms with E-state index in [4.69, 9.17) is 10.2 Å². The number of aromatic hydroxyl groups is 1. The van der Waals surface area contributed by atoms with Crippen molar-refractivity contribution in [2.75, 3.05) is 12.6 Å². The molecule has 0 spiro atoms. The molecule has 0 bridgehead atoms. The molecule has 0 radical (unpaired) electrons. The molecule has 0 amide bonds. The van der Waals surface area contributed by atoms with E-state index >= 15 is 0 Å². The van der Waals surface area contributed by atoms with E-state index in [-0.39, 0.29) is 11.3 Å². The Morgan fingerprint density at radius 2 is 2.23 bits per heavy atom. The summed E-state index contributed by atoms with van der Waals surface area (Å²) in [6.07, 6.45) is 0. The van der Waals surface area contributed by atoms with Crippen LogP contribution in [0.1, 0.15) is 10.4 Å². The molecule has 0 saturated heterocycles. The van der Waals surface area contributed by atoms with Crippen LogP contribution >= 0.6 is 0 Å². The molecule has 13 heavy (non-hydrogen) atoms. The molecule has 0 atom stereocenters. The average molecular weight is 183 g/mol. The molecule has 1 rings (SSSR count). The highest BCUT2D eigenvalue weighted by molar-refractivity contribution is 5.91. The topological polar surface area (TPSA) is 78.8 Å². The van der Waals surface area contributed by atoms with E-state index in [1.807, 2.05) is 0 Å². The number of carbonyl (C=O) groups is 1. The highest BCUT2D eigenvalue weighted by Crippen LogP contribution is 2.21. The Bertz CT molecular complexity index is 324. The largest absolute Gasteiger partial charge is 0.507 e. The van der Waals surface area contributed by atoms with Crippen molar-refractivity contribution in [3.63, 3.8) is 0 Å². The van der Waals surface area contributed by atoms with Gasteiger partial charge in [-0.1, -0.05) is 0 Å². The van der Waals surface area contributed by atoms with Gasteiger partial charge in [-0.2, -0.15) is 0 Å². The molecule has 1 aromatic rings. The number of aromatic carboxylic acids is 1. The molecule has 0 unspecified atom stereocenters. The molecule has 1 aromatic carbocycles. The van der Waals surface area contributed by atoms with Gasteiger partial charge in [0.1, 0.15) is 11.3 Å². The molecule has 0 saturated carbocycles. The standard InChI is InChI=1S/C8H9NO4/c1-13-9-5-2-3-7(10)6(4-5)8(11)12/h2-4,9-10H,1H3,(H,11,12). The quantitative estimate of drug-likeness (QED) is 0.482. The van der Waals surface area contributed by atoms with Gasteiger partial charge in [-0.25, -0.2) is 4.79 Å². The summed E-state index contributed by atoms with van der Waals surface area (Å²) in [7, 11) is 1.41. The summed E-state index contributed by atoms with van der Waals surface area (Å²) in [5.74, 6) is -1.45. The van der Waals surface area contributed by atoms with E-state index in [0.29, 0.717) is 5.69 Å². The summed E-state index contributed by atoms with van der Waals surface area (Å²) in [6, 6.07) is 4.07. The smallest absolute Gasteiger partial charge is 0.339 e. The third kappa shape index (κ3) is 2.09. The Balaban J connectivity index is 3.04. The predicted molar refractivity (Wildman–Crippen MR) is 45.7 cm³/mol. The van der Waals surface area contributed by atoms with Crippen molar-refractivity contribution in [2.45, 2.75) is 0 Å². The molecule has 0 fully saturated rings. The summed E-state index contributed by atoms with van der Waals surface area (Å²) in [4.78, 5) is 15.1. The van der Waals surface area contributed by atoms with Crippen LogP contribution in [0, 0.1) is 0 Å². The minimum atomic E-state index is -1.18. The number of rotatable bonds is 3. The third-order valence-electron chi connectivity index (χ3n) is 1.45. The van der Waals surface area contributed by atoms with E-state index < -0.39 is 5.97 Å². The van der Waals surface area contributed by atoms with Crippen LogP contribution in [0.4, 0.5) is 5.69 Å². The predicted octanol–water partition coefficient (Wildman–Crippen LogP) is 1.06. The Morgan fingerprint density at radius 1 is 1.54 bits per heavy atom. The highest BCUT2D eigenvalue weighted by Gasteiger charge is 2.09. The molecular weight excluding hydrogens is 174 g/mol. The lowest BCUT2D eigenvalue weighted by Crippen LogP contribution is -2.00. The van der Waals surface area contributed by atoms with Crippen molar-refractivity contribution < 1.29 is 19.8 Å². The minimum absolute atomic E-state index is 0.165. The molecule has 0 aromatic heterocycles. The van der Waals surface area contributed by atoms with Crippen molar-refractivity contribution in [1.82, 2.24) is 0 Å². The van der Waals surface area contributed by atoms with Crippen molar-refractivity contribution in [1.29, 1.82) is 0 Å². The van der Waals surface area contributed by atoms with Crippen LogP contribution in [0.3, 0.4) is 0 Å².